The number of ketones is 1. The number of aromatic nitrogens is 2. The molecule has 1 aliphatic rings. The molecule has 0 saturated carbocycles. The highest BCUT2D eigenvalue weighted by molar-refractivity contribution is 6.03. The first kappa shape index (κ1) is 19.9. The van der Waals surface area contributed by atoms with Crippen LogP contribution in [-0.4, -0.2) is 15.8 Å². The van der Waals surface area contributed by atoms with E-state index in [1.807, 2.05) is 31.2 Å². The monoisotopic (exact) mass is 412 g/mol. The maximum Gasteiger partial charge on any atom is 0.416 e. The topological polar surface area (TPSA) is 66.9 Å². The summed E-state index contributed by atoms with van der Waals surface area (Å²) in [5.41, 5.74) is 2.25. The summed E-state index contributed by atoms with van der Waals surface area (Å²) < 4.78 is 39.0. The molecule has 3 aromatic rings. The van der Waals surface area contributed by atoms with Crippen molar-refractivity contribution in [3.05, 3.63) is 70.9 Å². The maximum atomic E-state index is 13.0. The summed E-state index contributed by atoms with van der Waals surface area (Å²) in [4.78, 5) is 21.4. The minimum Gasteiger partial charge on any atom is -0.339 e. The van der Waals surface area contributed by atoms with Gasteiger partial charge in [0.1, 0.15) is 5.82 Å². The molecular formula is C22H19F3N4O. The zero-order valence-electron chi connectivity index (χ0n) is 16.2. The van der Waals surface area contributed by atoms with Crippen molar-refractivity contribution >= 4 is 28.9 Å². The van der Waals surface area contributed by atoms with E-state index in [2.05, 4.69) is 20.6 Å². The minimum absolute atomic E-state index is 0.0436. The lowest BCUT2D eigenvalue weighted by Crippen LogP contribution is -2.18. The highest BCUT2D eigenvalue weighted by Gasteiger charge is 2.30. The van der Waals surface area contributed by atoms with E-state index in [1.54, 1.807) is 0 Å². The molecule has 0 saturated heterocycles. The third kappa shape index (κ3) is 4.12. The van der Waals surface area contributed by atoms with Gasteiger partial charge < -0.3 is 10.6 Å². The summed E-state index contributed by atoms with van der Waals surface area (Å²) in [5, 5.41) is 6.05. The third-order valence-corrected chi connectivity index (χ3v) is 4.92. The molecular weight excluding hydrogens is 393 g/mol. The number of Topliss-reactive ketones (excluding diaryl/α,β-unsaturated/α-hetero) is 1. The molecule has 0 fully saturated rings. The Morgan fingerprint density at radius 1 is 0.967 bits per heavy atom. The van der Waals surface area contributed by atoms with Crippen molar-refractivity contribution in [1.29, 1.82) is 0 Å². The van der Waals surface area contributed by atoms with Crippen molar-refractivity contribution < 1.29 is 18.0 Å². The van der Waals surface area contributed by atoms with Crippen LogP contribution in [0.3, 0.4) is 0 Å². The number of carbonyl (C=O) groups excluding carboxylic acids is 1. The number of rotatable bonds is 4. The second-order valence-corrected chi connectivity index (χ2v) is 7.14. The standard InChI is InChI=1S/C22H19F3N4O/c1-13-6-2-3-9-16(13)27-20-19-17(10-5-11-18(19)30)28-21(29-20)26-15-8-4-7-14(12-15)22(23,24)25/h2-4,6-9,12H,5,10-11H2,1H3,(H2,26,27,28,29). The molecule has 30 heavy (non-hydrogen) atoms. The number of nitrogens with zero attached hydrogens (tertiary/aromatic N) is 2. The van der Waals surface area contributed by atoms with E-state index in [4.69, 9.17) is 0 Å². The fourth-order valence-electron chi connectivity index (χ4n) is 3.41. The van der Waals surface area contributed by atoms with Gasteiger partial charge in [0, 0.05) is 17.8 Å². The van der Waals surface area contributed by atoms with Gasteiger partial charge in [0.05, 0.1) is 16.8 Å². The van der Waals surface area contributed by atoms with Crippen molar-refractivity contribution in [2.45, 2.75) is 32.4 Å². The fraction of sp³-hybridized carbons (Fsp3) is 0.227. The SMILES string of the molecule is Cc1ccccc1Nc1nc(Nc2cccc(C(F)(F)F)c2)nc2c1C(=O)CCC2. The fourth-order valence-corrected chi connectivity index (χ4v) is 3.41. The quantitative estimate of drug-likeness (QED) is 0.566. The van der Waals surface area contributed by atoms with Crippen molar-refractivity contribution in [2.75, 3.05) is 10.6 Å². The molecule has 0 spiro atoms. The highest BCUT2D eigenvalue weighted by atomic mass is 19.4. The summed E-state index contributed by atoms with van der Waals surface area (Å²) in [7, 11) is 0. The van der Waals surface area contributed by atoms with Gasteiger partial charge in [-0.05, 0) is 49.6 Å². The zero-order valence-corrected chi connectivity index (χ0v) is 16.2. The molecule has 0 amide bonds. The van der Waals surface area contributed by atoms with E-state index in [9.17, 15) is 18.0 Å². The Kier molecular flexibility index (Phi) is 5.15. The van der Waals surface area contributed by atoms with Crippen LogP contribution in [0.25, 0.3) is 0 Å². The van der Waals surface area contributed by atoms with Gasteiger partial charge in [-0.1, -0.05) is 24.3 Å². The lowest BCUT2D eigenvalue weighted by atomic mass is 9.95. The Morgan fingerprint density at radius 3 is 2.53 bits per heavy atom. The van der Waals surface area contributed by atoms with Crippen LogP contribution < -0.4 is 10.6 Å². The molecule has 0 unspecified atom stereocenters. The summed E-state index contributed by atoms with van der Waals surface area (Å²) in [6.07, 6.45) is -2.75. The zero-order chi connectivity index (χ0) is 21.3. The maximum absolute atomic E-state index is 13.0. The molecule has 1 heterocycles. The summed E-state index contributed by atoms with van der Waals surface area (Å²) in [6.45, 7) is 1.93. The number of hydrogen-bond donors (Lipinski definition) is 2. The molecule has 0 aliphatic heterocycles. The van der Waals surface area contributed by atoms with Gasteiger partial charge in [-0.25, -0.2) is 4.98 Å². The average molecular weight is 412 g/mol. The van der Waals surface area contributed by atoms with E-state index >= 15 is 0 Å². The molecule has 1 aliphatic carbocycles. The van der Waals surface area contributed by atoms with Crippen LogP contribution >= 0.6 is 0 Å². The van der Waals surface area contributed by atoms with Gasteiger partial charge in [0.15, 0.2) is 5.78 Å². The first-order valence-corrected chi connectivity index (χ1v) is 9.52. The summed E-state index contributed by atoms with van der Waals surface area (Å²) in [6, 6.07) is 12.4. The van der Waals surface area contributed by atoms with Crippen molar-refractivity contribution in [3.8, 4) is 0 Å². The van der Waals surface area contributed by atoms with Crippen LogP contribution in [0.5, 0.6) is 0 Å². The van der Waals surface area contributed by atoms with Crippen molar-refractivity contribution in [1.82, 2.24) is 9.97 Å². The molecule has 8 heteroatoms. The predicted molar refractivity (Wildman–Crippen MR) is 108 cm³/mol. The summed E-state index contributed by atoms with van der Waals surface area (Å²) in [5.74, 6) is 0.449. The number of benzene rings is 2. The van der Waals surface area contributed by atoms with Gasteiger partial charge in [0.25, 0.3) is 0 Å². The second-order valence-electron chi connectivity index (χ2n) is 7.14. The Bertz CT molecular complexity index is 1110. The number of halogens is 3. The van der Waals surface area contributed by atoms with Gasteiger partial charge >= 0.3 is 6.18 Å². The van der Waals surface area contributed by atoms with Crippen molar-refractivity contribution in [3.63, 3.8) is 0 Å². The number of nitrogens with one attached hydrogen (secondary N) is 2. The lowest BCUT2D eigenvalue weighted by molar-refractivity contribution is -0.137. The summed E-state index contributed by atoms with van der Waals surface area (Å²) >= 11 is 0. The molecule has 4 rings (SSSR count). The molecule has 2 aromatic carbocycles. The highest BCUT2D eigenvalue weighted by Crippen LogP contribution is 2.33. The van der Waals surface area contributed by atoms with E-state index in [0.717, 1.165) is 23.4 Å². The first-order chi connectivity index (χ1) is 14.3. The van der Waals surface area contributed by atoms with Gasteiger partial charge in [-0.15, -0.1) is 0 Å². The predicted octanol–water partition coefficient (Wildman–Crippen LogP) is 5.81. The van der Waals surface area contributed by atoms with E-state index in [-0.39, 0.29) is 17.4 Å². The third-order valence-electron chi connectivity index (χ3n) is 4.92. The normalized spacial score (nSPS) is 13.7. The average Bonchev–Trinajstić information content (AvgIpc) is 2.69. The van der Waals surface area contributed by atoms with Crippen LogP contribution in [0.4, 0.5) is 36.3 Å². The van der Waals surface area contributed by atoms with Crippen LogP contribution in [0.1, 0.15) is 40.0 Å². The molecule has 0 bridgehead atoms. The molecule has 5 nitrogen and oxygen atoms in total. The second kappa shape index (κ2) is 7.78. The van der Waals surface area contributed by atoms with Crippen molar-refractivity contribution in [2.24, 2.45) is 0 Å². The Morgan fingerprint density at radius 2 is 1.77 bits per heavy atom. The molecule has 1 aromatic heterocycles. The number of para-hydroxylation sites is 1. The van der Waals surface area contributed by atoms with Crippen LogP contribution in [0, 0.1) is 6.92 Å². The van der Waals surface area contributed by atoms with E-state index in [1.165, 1.54) is 12.1 Å². The number of aryl methyl sites for hydroxylation is 2. The number of anilines is 4. The largest absolute Gasteiger partial charge is 0.416 e. The number of alkyl halides is 3. The Balaban J connectivity index is 1.73. The Hall–Kier alpha value is -3.42. The van der Waals surface area contributed by atoms with Gasteiger partial charge in [-0.2, -0.15) is 18.2 Å². The lowest BCUT2D eigenvalue weighted by Gasteiger charge is -2.20. The number of carbonyl (C=O) groups is 1. The van der Waals surface area contributed by atoms with Crippen LogP contribution in [0.2, 0.25) is 0 Å². The molecule has 0 radical (unpaired) electrons. The first-order valence-electron chi connectivity index (χ1n) is 9.52. The van der Waals surface area contributed by atoms with Gasteiger partial charge in [0.2, 0.25) is 5.95 Å². The van der Waals surface area contributed by atoms with E-state index < -0.39 is 11.7 Å². The minimum atomic E-state index is -4.45. The molecule has 2 N–H and O–H groups in total. The van der Waals surface area contributed by atoms with Gasteiger partial charge in [-0.3, -0.25) is 4.79 Å². The molecule has 154 valence electrons. The number of hydrogen-bond acceptors (Lipinski definition) is 5. The molecule has 0 atom stereocenters. The van der Waals surface area contributed by atoms with Crippen LogP contribution in [0.15, 0.2) is 48.5 Å². The smallest absolute Gasteiger partial charge is 0.339 e. The number of fused-ring (bicyclic) bond motifs is 1. The van der Waals surface area contributed by atoms with E-state index in [0.29, 0.717) is 36.3 Å². The van der Waals surface area contributed by atoms with Crippen LogP contribution in [-0.2, 0) is 12.6 Å². The Labute approximate surface area is 171 Å².